The first kappa shape index (κ1) is 44.8. The number of rotatable bonds is 9. The Bertz CT molecular complexity index is 3250. The summed E-state index contributed by atoms with van der Waals surface area (Å²) in [5.41, 5.74) is 15.6. The quantitative estimate of drug-likeness (QED) is 0.135. The van der Waals surface area contributed by atoms with Crippen LogP contribution in [0.15, 0.2) is 158 Å². The van der Waals surface area contributed by atoms with E-state index in [1.165, 1.54) is 38.9 Å². The Kier molecular flexibility index (Phi) is 11.8. The molecule has 334 valence electrons. The minimum absolute atomic E-state index is 0. The third kappa shape index (κ3) is 8.13. The van der Waals surface area contributed by atoms with Crippen molar-refractivity contribution in [2.45, 2.75) is 79.1 Å². The van der Waals surface area contributed by atoms with E-state index in [1.807, 2.05) is 12.3 Å². The number of hydrogen-bond acceptors (Lipinski definition) is 4. The Balaban J connectivity index is 0.00000548. The van der Waals surface area contributed by atoms with Crippen molar-refractivity contribution in [3.05, 3.63) is 210 Å². The predicted molar refractivity (Wildman–Crippen MR) is 270 cm³/mol. The normalized spacial score (nSPS) is 12.8. The van der Waals surface area contributed by atoms with Crippen LogP contribution >= 0.6 is 0 Å². The summed E-state index contributed by atoms with van der Waals surface area (Å²) >= 11 is 0. The maximum atomic E-state index is 6.97. The summed E-state index contributed by atoms with van der Waals surface area (Å²) in [6.07, 6.45) is 1.92. The number of para-hydroxylation sites is 1. The molecule has 0 atom stereocenters. The molecule has 3 heterocycles. The molecule has 66 heavy (non-hydrogen) atoms. The van der Waals surface area contributed by atoms with Crippen molar-refractivity contribution in [2.75, 3.05) is 9.80 Å². The molecule has 10 rings (SSSR count). The first-order valence-corrected chi connectivity index (χ1v) is 22.7. The molecular formula is C60H55N4OPt-3. The molecule has 0 saturated heterocycles. The van der Waals surface area contributed by atoms with Crippen LogP contribution in [0, 0.1) is 32.6 Å². The maximum Gasteiger partial charge on any atom is 0.135 e. The molecule has 0 bridgehead atoms. The van der Waals surface area contributed by atoms with Crippen LogP contribution in [0.4, 0.5) is 22.7 Å². The van der Waals surface area contributed by atoms with Crippen molar-refractivity contribution >= 4 is 44.6 Å². The van der Waals surface area contributed by atoms with E-state index < -0.39 is 0 Å². The molecule has 0 spiro atoms. The number of benzene rings is 7. The van der Waals surface area contributed by atoms with Gasteiger partial charge in [0.05, 0.1) is 0 Å². The number of anilines is 4. The van der Waals surface area contributed by atoms with Crippen LogP contribution in [0.2, 0.25) is 0 Å². The van der Waals surface area contributed by atoms with Crippen LogP contribution in [0.1, 0.15) is 87.8 Å². The van der Waals surface area contributed by atoms with Gasteiger partial charge in [0.25, 0.3) is 0 Å². The molecule has 7 aromatic carbocycles. The second-order valence-electron chi connectivity index (χ2n) is 19.4. The van der Waals surface area contributed by atoms with E-state index >= 15 is 0 Å². The first-order chi connectivity index (χ1) is 31.2. The molecule has 1 aliphatic rings. The van der Waals surface area contributed by atoms with Crippen LogP contribution in [-0.4, -0.2) is 9.55 Å². The van der Waals surface area contributed by atoms with Gasteiger partial charge in [-0.3, -0.25) is 0 Å². The van der Waals surface area contributed by atoms with Gasteiger partial charge < -0.3 is 19.1 Å². The Morgan fingerprint density at radius 3 is 2.06 bits per heavy atom. The van der Waals surface area contributed by atoms with E-state index in [4.69, 9.17) is 9.72 Å². The predicted octanol–water partition coefficient (Wildman–Crippen LogP) is 16.0. The third-order valence-electron chi connectivity index (χ3n) is 13.3. The molecule has 0 unspecified atom stereocenters. The number of nitrogens with zero attached hydrogens (tertiary/aromatic N) is 4. The molecule has 5 nitrogen and oxygen atoms in total. The second kappa shape index (κ2) is 17.4. The second-order valence-corrected chi connectivity index (χ2v) is 19.4. The largest absolute Gasteiger partial charge is 0.509 e. The molecule has 0 fully saturated rings. The van der Waals surface area contributed by atoms with Gasteiger partial charge in [-0.15, -0.1) is 53.6 Å². The van der Waals surface area contributed by atoms with Gasteiger partial charge in [0, 0.05) is 66.8 Å². The zero-order valence-corrected chi connectivity index (χ0v) is 41.5. The van der Waals surface area contributed by atoms with Crippen molar-refractivity contribution in [1.29, 1.82) is 0 Å². The van der Waals surface area contributed by atoms with E-state index in [1.54, 1.807) is 0 Å². The average molecular weight is 1040 g/mol. The average Bonchev–Trinajstić information content (AvgIpc) is 3.84. The topological polar surface area (TPSA) is 33.5 Å². The fraction of sp³-hybridized carbons (Fsp3) is 0.200. The molecule has 0 amide bonds. The number of ether oxygens (including phenoxy) is 1. The summed E-state index contributed by atoms with van der Waals surface area (Å²) in [7, 11) is 0. The Hall–Kier alpha value is -6.42. The molecule has 1 aliphatic heterocycles. The van der Waals surface area contributed by atoms with Crippen molar-refractivity contribution < 1.29 is 25.8 Å². The summed E-state index contributed by atoms with van der Waals surface area (Å²) in [5, 5.41) is 2.21. The van der Waals surface area contributed by atoms with Crippen molar-refractivity contribution in [3.8, 4) is 28.4 Å². The molecule has 6 heteroatoms. The zero-order chi connectivity index (χ0) is 45.2. The molecule has 2 aromatic heterocycles. The zero-order valence-electron chi connectivity index (χ0n) is 39.2. The SMILES string of the molecule is Cc1cc2c(cc1C)N(c1cccc(C(C)(C)C)c1)[CH-]N2c1[c-]c(Oc2[c-]c3c(cc2)c2ccccc2n3-c2cc(C(C)(C)c3ccccc3)ccn2)cc(-c2ccccc2C(C)C)c1.[Pt]. The number of pyridine rings is 1. The third-order valence-corrected chi connectivity index (χ3v) is 13.3. The molecular weight excluding hydrogens is 988 g/mol. The smallest absolute Gasteiger partial charge is 0.135 e. The first-order valence-electron chi connectivity index (χ1n) is 22.7. The fourth-order valence-corrected chi connectivity index (χ4v) is 9.30. The Morgan fingerprint density at radius 1 is 0.606 bits per heavy atom. The van der Waals surface area contributed by atoms with E-state index in [0.29, 0.717) is 17.4 Å². The monoisotopic (exact) mass is 1040 g/mol. The van der Waals surface area contributed by atoms with Crippen molar-refractivity contribution in [1.82, 2.24) is 9.55 Å². The number of hydrogen-bond donors (Lipinski definition) is 0. The molecule has 0 radical (unpaired) electrons. The summed E-state index contributed by atoms with van der Waals surface area (Å²) in [5.74, 6) is 2.35. The van der Waals surface area contributed by atoms with E-state index in [-0.39, 0.29) is 31.9 Å². The summed E-state index contributed by atoms with van der Waals surface area (Å²) < 4.78 is 9.19. The number of fused-ring (bicyclic) bond motifs is 4. The van der Waals surface area contributed by atoms with Gasteiger partial charge in [0.1, 0.15) is 5.82 Å². The fourth-order valence-electron chi connectivity index (χ4n) is 9.30. The van der Waals surface area contributed by atoms with Crippen LogP contribution in [-0.2, 0) is 31.9 Å². The van der Waals surface area contributed by atoms with Gasteiger partial charge >= 0.3 is 0 Å². The Labute approximate surface area is 405 Å². The molecule has 9 aromatic rings. The Morgan fingerprint density at radius 2 is 1.30 bits per heavy atom. The number of aryl methyl sites for hydroxylation is 2. The van der Waals surface area contributed by atoms with Gasteiger partial charge in [-0.2, -0.15) is 6.07 Å². The van der Waals surface area contributed by atoms with Gasteiger partial charge in [0.15, 0.2) is 0 Å². The summed E-state index contributed by atoms with van der Waals surface area (Å²) in [4.78, 5) is 9.56. The van der Waals surface area contributed by atoms with E-state index in [2.05, 4.69) is 241 Å². The minimum atomic E-state index is -0.235. The van der Waals surface area contributed by atoms with Crippen LogP contribution in [0.5, 0.6) is 11.5 Å². The van der Waals surface area contributed by atoms with E-state index in [9.17, 15) is 0 Å². The van der Waals surface area contributed by atoms with Crippen molar-refractivity contribution in [3.63, 3.8) is 0 Å². The summed E-state index contributed by atoms with van der Waals surface area (Å²) in [6, 6.07) is 61.7. The maximum absolute atomic E-state index is 6.97. The van der Waals surface area contributed by atoms with Crippen molar-refractivity contribution in [2.24, 2.45) is 0 Å². The van der Waals surface area contributed by atoms with Crippen LogP contribution in [0.3, 0.4) is 0 Å². The van der Waals surface area contributed by atoms with Gasteiger partial charge in [0.2, 0.25) is 0 Å². The molecule has 0 saturated carbocycles. The molecule has 0 aliphatic carbocycles. The number of aromatic nitrogens is 2. The van der Waals surface area contributed by atoms with Gasteiger partial charge in [-0.05, 0) is 112 Å². The standard InChI is InChI=1S/C60H55N4O.Pt/c1-39(2)50-22-13-14-23-51(50)42-32-47(63-38-62(56-30-40(3)41(4)31-57(56)63)46-21-17-20-44(34-46)59(5,6)7)36-49(33-42)65-48-26-27-53-52-24-15-16-25-54(52)64(55(53)37-48)58-35-45(28-29-61-58)60(8,9)43-18-11-10-12-19-43;/h10-35,38-39H,1-9H3;/q-3;. The summed E-state index contributed by atoms with van der Waals surface area (Å²) in [6.45, 7) is 22.4. The van der Waals surface area contributed by atoms with Crippen LogP contribution in [0.25, 0.3) is 38.8 Å². The minimum Gasteiger partial charge on any atom is -0.509 e. The van der Waals surface area contributed by atoms with Crippen LogP contribution < -0.4 is 14.5 Å². The van der Waals surface area contributed by atoms with Gasteiger partial charge in [-0.1, -0.05) is 139 Å². The molecule has 0 N–H and O–H groups in total. The van der Waals surface area contributed by atoms with Gasteiger partial charge in [-0.25, -0.2) is 4.98 Å². The van der Waals surface area contributed by atoms with E-state index in [0.717, 1.165) is 55.9 Å².